The number of piperazine rings is 1. The summed E-state index contributed by atoms with van der Waals surface area (Å²) in [4.78, 5) is 20.8. The van der Waals surface area contributed by atoms with Crippen LogP contribution in [0.4, 0.5) is 14.5 Å². The average Bonchev–Trinajstić information content (AvgIpc) is 3.35. The van der Waals surface area contributed by atoms with Gasteiger partial charge in [-0.3, -0.25) is 9.69 Å². The first-order chi connectivity index (χ1) is 23.7. The zero-order valence-electron chi connectivity index (χ0n) is 30.1. The molecule has 274 valence electrons. The Balaban J connectivity index is 0.00000292. The van der Waals surface area contributed by atoms with E-state index in [4.69, 9.17) is 4.74 Å². The Morgan fingerprint density at radius 2 is 1.31 bits per heavy atom. The minimum absolute atomic E-state index is 0. The van der Waals surface area contributed by atoms with Crippen LogP contribution in [-0.4, -0.2) is 62.1 Å². The van der Waals surface area contributed by atoms with E-state index < -0.39 is 11.0 Å². The molecule has 1 amide bonds. The maximum absolute atomic E-state index is 14.0. The molecular weight excluding hydrogens is 687 g/mol. The van der Waals surface area contributed by atoms with Gasteiger partial charge in [0.15, 0.2) is 0 Å². The van der Waals surface area contributed by atoms with Crippen molar-refractivity contribution in [2.24, 2.45) is 5.92 Å². The number of para-hydroxylation sites is 2. The SMILES string of the molecule is CCCC(c1ccc(F)cc1)(c1ccc(F)cc1)N1CCN(CCCCOc2ccccc2C2(C(C)C)C(=O)N(C)c3ccccc32)CC1.Cl.Cl. The number of fused-ring (bicyclic) bond motifs is 1. The summed E-state index contributed by atoms with van der Waals surface area (Å²) in [5, 5.41) is 0. The van der Waals surface area contributed by atoms with Gasteiger partial charge in [-0.15, -0.1) is 24.8 Å². The van der Waals surface area contributed by atoms with E-state index in [2.05, 4.69) is 42.7 Å². The van der Waals surface area contributed by atoms with Crippen LogP contribution in [0.25, 0.3) is 0 Å². The largest absolute Gasteiger partial charge is 0.493 e. The number of unbranched alkanes of at least 4 members (excludes halogenated alkanes) is 1. The summed E-state index contributed by atoms with van der Waals surface area (Å²) in [5.41, 5.74) is 3.76. The predicted octanol–water partition coefficient (Wildman–Crippen LogP) is 9.25. The van der Waals surface area contributed by atoms with Gasteiger partial charge in [-0.1, -0.05) is 87.9 Å². The number of ether oxygens (including phenoxy) is 1. The molecule has 5 nitrogen and oxygen atoms in total. The van der Waals surface area contributed by atoms with E-state index in [9.17, 15) is 13.6 Å². The summed E-state index contributed by atoms with van der Waals surface area (Å²) in [6, 6.07) is 29.8. The van der Waals surface area contributed by atoms with Crippen LogP contribution in [0.5, 0.6) is 5.75 Å². The molecule has 2 aliphatic rings. The van der Waals surface area contributed by atoms with Crippen LogP contribution < -0.4 is 9.64 Å². The van der Waals surface area contributed by atoms with Crippen molar-refractivity contribution in [1.82, 2.24) is 9.80 Å². The second-order valence-corrected chi connectivity index (χ2v) is 13.8. The van der Waals surface area contributed by atoms with E-state index in [0.29, 0.717) is 6.61 Å². The molecule has 1 unspecified atom stereocenters. The van der Waals surface area contributed by atoms with Gasteiger partial charge < -0.3 is 14.5 Å². The van der Waals surface area contributed by atoms with E-state index in [1.807, 2.05) is 67.7 Å². The van der Waals surface area contributed by atoms with Crippen LogP contribution in [0, 0.1) is 17.6 Å². The van der Waals surface area contributed by atoms with E-state index in [0.717, 1.165) is 92.1 Å². The monoisotopic (exact) mass is 737 g/mol. The number of hydrogen-bond acceptors (Lipinski definition) is 4. The Morgan fingerprint density at radius 1 is 0.765 bits per heavy atom. The molecule has 0 N–H and O–H groups in total. The van der Waals surface area contributed by atoms with Crippen molar-refractivity contribution in [1.29, 1.82) is 0 Å². The molecule has 1 saturated heterocycles. The Hall–Kier alpha value is -3.49. The molecule has 6 rings (SSSR count). The summed E-state index contributed by atoms with van der Waals surface area (Å²) in [6.45, 7) is 11.5. The lowest BCUT2D eigenvalue weighted by molar-refractivity contribution is -0.122. The molecule has 2 heterocycles. The van der Waals surface area contributed by atoms with Gasteiger partial charge in [0.2, 0.25) is 5.91 Å². The smallest absolute Gasteiger partial charge is 0.242 e. The van der Waals surface area contributed by atoms with E-state index in [1.54, 1.807) is 4.90 Å². The fourth-order valence-electron chi connectivity index (χ4n) is 8.40. The van der Waals surface area contributed by atoms with Crippen LogP contribution in [0.1, 0.15) is 68.7 Å². The van der Waals surface area contributed by atoms with Gasteiger partial charge in [0.25, 0.3) is 0 Å². The van der Waals surface area contributed by atoms with Crippen LogP contribution in [0.2, 0.25) is 0 Å². The Labute approximate surface area is 314 Å². The van der Waals surface area contributed by atoms with Gasteiger partial charge in [0.1, 0.15) is 22.8 Å². The Bertz CT molecular complexity index is 1680. The number of hydrogen-bond donors (Lipinski definition) is 0. The van der Waals surface area contributed by atoms with Gasteiger partial charge >= 0.3 is 0 Å². The Morgan fingerprint density at radius 3 is 1.88 bits per heavy atom. The minimum Gasteiger partial charge on any atom is -0.493 e. The summed E-state index contributed by atoms with van der Waals surface area (Å²) in [6.07, 6.45) is 3.69. The number of carbonyl (C=O) groups is 1. The van der Waals surface area contributed by atoms with Crippen molar-refractivity contribution in [2.75, 3.05) is 51.3 Å². The second-order valence-electron chi connectivity index (χ2n) is 13.8. The third-order valence-corrected chi connectivity index (χ3v) is 10.8. The predicted molar refractivity (Wildman–Crippen MR) is 208 cm³/mol. The van der Waals surface area contributed by atoms with Crippen molar-refractivity contribution >= 4 is 36.4 Å². The topological polar surface area (TPSA) is 36.0 Å². The van der Waals surface area contributed by atoms with Gasteiger partial charge in [-0.05, 0) is 84.8 Å². The van der Waals surface area contributed by atoms with Gasteiger partial charge in [0.05, 0.1) is 12.1 Å². The van der Waals surface area contributed by atoms with Crippen LogP contribution in [0.15, 0.2) is 97.1 Å². The first-order valence-corrected chi connectivity index (χ1v) is 17.8. The van der Waals surface area contributed by atoms with Gasteiger partial charge in [0, 0.05) is 44.5 Å². The molecule has 0 bridgehead atoms. The summed E-state index contributed by atoms with van der Waals surface area (Å²) in [7, 11) is 1.87. The summed E-state index contributed by atoms with van der Waals surface area (Å²) >= 11 is 0. The number of rotatable bonds is 13. The van der Waals surface area contributed by atoms with Crippen LogP contribution in [-0.2, 0) is 15.7 Å². The molecule has 2 aliphatic heterocycles. The minimum atomic E-state index is -0.795. The molecule has 0 radical (unpaired) electrons. The highest BCUT2D eigenvalue weighted by Crippen LogP contribution is 2.52. The van der Waals surface area contributed by atoms with Crippen LogP contribution in [0.3, 0.4) is 0 Å². The van der Waals surface area contributed by atoms with Crippen molar-refractivity contribution < 1.29 is 18.3 Å². The molecule has 0 spiro atoms. The number of likely N-dealkylation sites (N-methyl/N-ethyl adjacent to an activating group) is 1. The number of amides is 1. The fraction of sp³-hybridized carbons (Fsp3) is 0.405. The number of anilines is 1. The lowest BCUT2D eigenvalue weighted by atomic mass is 9.67. The normalized spacial score (nSPS) is 17.9. The first-order valence-electron chi connectivity index (χ1n) is 17.8. The molecule has 0 aromatic heterocycles. The molecule has 1 atom stereocenters. The van der Waals surface area contributed by atoms with Gasteiger partial charge in [-0.2, -0.15) is 0 Å². The maximum atomic E-state index is 14.0. The van der Waals surface area contributed by atoms with E-state index in [1.165, 1.54) is 24.3 Å². The molecular formula is C42H51Cl2F2N3O2. The van der Waals surface area contributed by atoms with Crippen molar-refractivity contribution in [2.45, 2.75) is 57.4 Å². The highest BCUT2D eigenvalue weighted by atomic mass is 35.5. The molecule has 1 fully saturated rings. The average molecular weight is 739 g/mol. The van der Waals surface area contributed by atoms with Crippen molar-refractivity contribution in [3.63, 3.8) is 0 Å². The zero-order chi connectivity index (χ0) is 34.6. The lowest BCUT2D eigenvalue weighted by Crippen LogP contribution is -2.56. The first kappa shape index (κ1) is 40.3. The van der Waals surface area contributed by atoms with E-state index >= 15 is 0 Å². The molecule has 9 heteroatoms. The molecule has 4 aromatic rings. The maximum Gasteiger partial charge on any atom is 0.242 e. The van der Waals surface area contributed by atoms with Crippen LogP contribution >= 0.6 is 24.8 Å². The highest BCUT2D eigenvalue weighted by molar-refractivity contribution is 6.10. The standard InChI is InChI=1S/C42H49F2N3O2.2ClH/c1-5-24-41(32-16-20-34(43)21-17-32,33-18-22-35(44)23-19-33)47-28-26-46(27-29-47)25-10-11-30-49-39-15-9-7-13-37(39)42(31(2)3)36-12-6-8-14-38(36)45(4)40(42)48;;/h6-9,12-23,31H,5,10-11,24-30H2,1-4H3;2*1H. The molecule has 0 saturated carbocycles. The third kappa shape index (κ3) is 7.54. The van der Waals surface area contributed by atoms with Gasteiger partial charge in [-0.25, -0.2) is 8.78 Å². The quantitative estimate of drug-likeness (QED) is 0.128. The van der Waals surface area contributed by atoms with Crippen molar-refractivity contribution in [3.05, 3.63) is 131 Å². The van der Waals surface area contributed by atoms with Crippen molar-refractivity contribution in [3.8, 4) is 5.75 Å². The molecule has 4 aromatic carbocycles. The summed E-state index contributed by atoms with van der Waals surface area (Å²) in [5.74, 6) is 0.388. The second kappa shape index (κ2) is 17.4. The fourth-order valence-corrected chi connectivity index (χ4v) is 8.40. The van der Waals surface area contributed by atoms with E-state index in [-0.39, 0.29) is 48.3 Å². The number of nitrogens with zero attached hydrogens (tertiary/aromatic N) is 3. The highest BCUT2D eigenvalue weighted by Gasteiger charge is 2.54. The third-order valence-electron chi connectivity index (χ3n) is 10.8. The Kier molecular flexibility index (Phi) is 13.7. The number of halogens is 4. The zero-order valence-corrected chi connectivity index (χ0v) is 31.7. The molecule has 51 heavy (non-hydrogen) atoms. The lowest BCUT2D eigenvalue weighted by Gasteiger charge is -2.49. The molecule has 0 aliphatic carbocycles. The number of benzene rings is 4. The number of carbonyl (C=O) groups excluding carboxylic acids is 1. The summed E-state index contributed by atoms with van der Waals surface area (Å²) < 4.78 is 34.5.